The second-order valence-electron chi connectivity index (χ2n) is 33.5. The van der Waals surface area contributed by atoms with E-state index < -0.39 is 11.9 Å². The van der Waals surface area contributed by atoms with Crippen molar-refractivity contribution in [2.45, 2.75) is 138 Å². The quantitative estimate of drug-likeness (QED) is 0.0148. The number of hydrogen-bond donors (Lipinski definition) is 8. The van der Waals surface area contributed by atoms with E-state index in [1.54, 1.807) is 48.5 Å². The van der Waals surface area contributed by atoms with E-state index in [9.17, 15) is 20.4 Å². The Balaban J connectivity index is 0.000000236. The predicted molar refractivity (Wildman–Crippen MR) is 552 cm³/mol. The summed E-state index contributed by atoms with van der Waals surface area (Å²) in [7, 11) is 0. The number of rotatable bonds is 31. The van der Waals surface area contributed by atoms with Crippen LogP contribution in [0, 0.1) is 0 Å². The molecule has 16 bridgehead atoms. The first-order chi connectivity index (χ1) is 65.9. The van der Waals surface area contributed by atoms with Crippen LogP contribution in [0.15, 0.2) is 243 Å². The van der Waals surface area contributed by atoms with Crippen molar-refractivity contribution in [1.29, 1.82) is 0 Å². The Morgan fingerprint density at radius 2 is 0.428 bits per heavy atom. The summed E-state index contributed by atoms with van der Waals surface area (Å²) >= 11 is 0. The Morgan fingerprint density at radius 3 is 0.623 bits per heavy atom. The summed E-state index contributed by atoms with van der Waals surface area (Å²) in [4.78, 5) is 57.8. The Kier molecular flexibility index (Phi) is 36.9. The van der Waals surface area contributed by atoms with Gasteiger partial charge in [0.1, 0.15) is 46.0 Å². The molecule has 705 valence electrons. The fraction of sp³-hybridized carbons (Fsp3) is 0.217. The van der Waals surface area contributed by atoms with Gasteiger partial charge in [-0.05, 0) is 262 Å². The zero-order chi connectivity index (χ0) is 94.1. The molecule has 0 unspecified atom stereocenters. The number of phenolic OH excluding ortho intramolecular Hbond substituents is 4. The Morgan fingerprint density at radius 1 is 0.261 bits per heavy atom. The molecule has 4 aliphatic heterocycles. The van der Waals surface area contributed by atoms with Gasteiger partial charge in [-0.15, -0.1) is 22.1 Å². The molecule has 0 amide bonds. The van der Waals surface area contributed by atoms with Gasteiger partial charge < -0.3 is 69.5 Å². The van der Waals surface area contributed by atoms with Crippen molar-refractivity contribution in [2.75, 3.05) is 26.4 Å². The molecule has 0 spiro atoms. The van der Waals surface area contributed by atoms with E-state index in [2.05, 4.69) is 183 Å². The zero-order valence-electron chi connectivity index (χ0n) is 78.2. The summed E-state index contributed by atoms with van der Waals surface area (Å²) in [6.45, 7) is 13.8. The topological polar surface area (TPSA) is 304 Å². The molecular formula is C115H112BCo2N8O12. The number of nitrogens with zero attached hydrogens (tertiary/aromatic N) is 6. The number of phenols is 4. The Hall–Kier alpha value is -14.6. The number of aromatic nitrogens is 8. The SMILES string of the molecule is CC(=O)O.CC(=O)O.CCCCCCOc1ccc(-c2c3nc(c(-c4ccc(OCCCCCC)cc4)c4ccc([n-]4)c(-c4ccc(OCCCCCC)cc4)c4nc(c(-c5ccc(OCCCCC)cc5)c5ccc2[n-]5)C=C4)C=C3)cc1.Oc1ccc(-c2c3nc(c(-c4ccc(O)cc4)c4ccc([nH]4)c(-c4ccc(O)cc4)c4nc(c(-c5ccc(O)cc5)c5ccc2[nH]5)C=C4)C=C3)cc1.[B].[Co+2].[Co]. The van der Waals surface area contributed by atoms with Crippen LogP contribution in [0.25, 0.3) is 182 Å². The van der Waals surface area contributed by atoms with Gasteiger partial charge in [-0.2, -0.15) is 0 Å². The summed E-state index contributed by atoms with van der Waals surface area (Å²) < 4.78 is 24.9. The third-order valence-electron chi connectivity index (χ3n) is 23.4. The number of aromatic hydroxyl groups is 4. The van der Waals surface area contributed by atoms with Crippen LogP contribution < -0.4 is 28.9 Å². The molecule has 0 saturated heterocycles. The summed E-state index contributed by atoms with van der Waals surface area (Å²) in [5, 5.41) is 55.5. The van der Waals surface area contributed by atoms with Crippen LogP contribution in [0.3, 0.4) is 0 Å². The number of unbranched alkanes of at least 4 members (excludes halogenated alkanes) is 11. The average Bonchev–Trinajstić information content (AvgIpc) is 1.61. The number of hydrogen-bond acceptors (Lipinski definition) is 14. The fourth-order valence-corrected chi connectivity index (χ4v) is 16.8. The average molecular weight is 1930 g/mol. The normalized spacial score (nSPS) is 11.3. The summed E-state index contributed by atoms with van der Waals surface area (Å²) in [6.07, 6.45) is 33.6. The maximum atomic E-state index is 10.2. The number of H-pyrrole nitrogens is 2. The smallest absolute Gasteiger partial charge is 0.657 e. The molecule has 14 aromatic rings. The van der Waals surface area contributed by atoms with Gasteiger partial charge >= 0.3 is 16.8 Å². The maximum Gasteiger partial charge on any atom is 2.00 e. The molecule has 5 radical (unpaired) electrons. The molecule has 0 fully saturated rings. The molecule has 6 aromatic heterocycles. The first-order valence-electron chi connectivity index (χ1n) is 46.6. The Bertz CT molecular complexity index is 6540. The van der Waals surface area contributed by atoms with E-state index in [-0.39, 0.29) is 65.0 Å². The van der Waals surface area contributed by atoms with Crippen LogP contribution in [0.2, 0.25) is 0 Å². The monoisotopic (exact) mass is 1930 g/mol. The van der Waals surface area contributed by atoms with Gasteiger partial charge in [0, 0.05) is 83.4 Å². The zero-order valence-corrected chi connectivity index (χ0v) is 80.3. The number of benzene rings is 8. The molecule has 20 nitrogen and oxygen atoms in total. The molecule has 8 N–H and O–H groups in total. The fourth-order valence-electron chi connectivity index (χ4n) is 16.8. The number of carbonyl (C=O) groups is 2. The third kappa shape index (κ3) is 25.9. The minimum atomic E-state index is -0.833. The van der Waals surface area contributed by atoms with E-state index in [1.807, 2.05) is 97.1 Å². The van der Waals surface area contributed by atoms with Gasteiger partial charge in [0.25, 0.3) is 11.9 Å². The molecule has 0 aliphatic carbocycles. The van der Waals surface area contributed by atoms with Crippen molar-refractivity contribution in [3.05, 3.63) is 288 Å². The molecule has 8 aromatic carbocycles. The molecule has 4 aliphatic rings. The molecule has 10 heterocycles. The second-order valence-corrected chi connectivity index (χ2v) is 33.5. The first kappa shape index (κ1) is 102. The summed E-state index contributed by atoms with van der Waals surface area (Å²) in [5.41, 5.74) is 27.1. The largest absolute Gasteiger partial charge is 2.00 e. The van der Waals surface area contributed by atoms with Gasteiger partial charge in [-0.3, -0.25) is 9.59 Å². The van der Waals surface area contributed by atoms with Crippen molar-refractivity contribution in [3.63, 3.8) is 0 Å². The standard InChI is InChI=1S/C67H74N4O4.C44H30N4O4.2C2H4O2.B.2Co/c1-5-9-13-17-45-73-53-30-22-49(23-31-53)65-58-38-36-56(68-58)64(48-20-28-52(29-21-48)72-44-16-12-8-4)57-37-39-59(69-57)66(50-24-32-54(33-25-50)74-46-18-14-10-6-2)61-41-43-63(71-61)67(62-42-40-60(65)70-62)51-26-34-55(35-27-51)75-47-19-15-11-7-3;49-29-9-1-25(2-10-29)41-33-17-19-35(45-33)42(26-3-11-30(50)12-4-26)37-21-23-39(47-37)44(28-7-15-32(52)16-8-28)40-24-22-38(48-40)43(36-20-18-34(41)46-36)27-5-13-31(51)14-6-27;2*1-2(3)4;;;/h20-43H,5-19,44-47H2,1-4H3;1-24,45,48-52H;2*1H3,(H,3,4);;;/q-2;;;;;;+2. The van der Waals surface area contributed by atoms with Gasteiger partial charge in [-0.25, -0.2) is 19.9 Å². The van der Waals surface area contributed by atoms with Crippen LogP contribution in [-0.2, 0) is 43.1 Å². The van der Waals surface area contributed by atoms with Gasteiger partial charge in [0.2, 0.25) is 0 Å². The first-order valence-corrected chi connectivity index (χ1v) is 46.6. The van der Waals surface area contributed by atoms with Crippen LogP contribution in [0.5, 0.6) is 46.0 Å². The minimum Gasteiger partial charge on any atom is -0.657 e. The molecular weight excluding hydrogens is 1810 g/mol. The summed E-state index contributed by atoms with van der Waals surface area (Å²) in [6, 6.07) is 78.4. The van der Waals surface area contributed by atoms with Crippen LogP contribution in [0.1, 0.15) is 183 Å². The molecule has 0 atom stereocenters. The van der Waals surface area contributed by atoms with E-state index in [0.717, 1.165) is 254 Å². The van der Waals surface area contributed by atoms with E-state index >= 15 is 0 Å². The van der Waals surface area contributed by atoms with Crippen molar-refractivity contribution in [2.24, 2.45) is 0 Å². The van der Waals surface area contributed by atoms with Crippen molar-refractivity contribution < 1.29 is 92.7 Å². The van der Waals surface area contributed by atoms with Crippen molar-refractivity contribution >= 4 is 113 Å². The molecule has 23 heteroatoms. The van der Waals surface area contributed by atoms with Crippen LogP contribution in [0.4, 0.5) is 0 Å². The Labute approximate surface area is 827 Å². The van der Waals surface area contributed by atoms with Crippen molar-refractivity contribution in [3.8, 4) is 135 Å². The third-order valence-corrected chi connectivity index (χ3v) is 23.4. The van der Waals surface area contributed by atoms with Crippen LogP contribution in [-0.4, -0.2) is 107 Å². The number of carboxylic acids is 2. The van der Waals surface area contributed by atoms with E-state index in [0.29, 0.717) is 26.4 Å². The van der Waals surface area contributed by atoms with Gasteiger partial charge in [-0.1, -0.05) is 220 Å². The summed E-state index contributed by atoms with van der Waals surface area (Å²) in [5.74, 6) is 2.38. The second kappa shape index (κ2) is 49.7. The van der Waals surface area contributed by atoms with Gasteiger partial charge in [0.15, 0.2) is 0 Å². The van der Waals surface area contributed by atoms with Crippen LogP contribution >= 0.6 is 0 Å². The number of ether oxygens (including phenoxy) is 4. The molecule has 18 rings (SSSR count). The maximum absolute atomic E-state index is 10.2. The van der Waals surface area contributed by atoms with Crippen molar-refractivity contribution in [1.82, 2.24) is 39.9 Å². The number of carboxylic acid groups (broad SMARTS) is 2. The van der Waals surface area contributed by atoms with E-state index in [1.165, 1.54) is 57.8 Å². The number of aromatic amines is 2. The number of aliphatic carboxylic acids is 2. The molecule has 0 saturated carbocycles. The van der Waals surface area contributed by atoms with Gasteiger partial charge in [0.05, 0.1) is 72.0 Å². The minimum absolute atomic E-state index is 0. The van der Waals surface area contributed by atoms with E-state index in [4.69, 9.17) is 68.7 Å². The number of nitrogens with one attached hydrogen (secondary N) is 2. The number of fused-ring (bicyclic) bond motifs is 16. The predicted octanol–water partition coefficient (Wildman–Crippen LogP) is 28.0. The molecule has 138 heavy (non-hydrogen) atoms.